The van der Waals surface area contributed by atoms with Crippen LogP contribution in [0.25, 0.3) is 0 Å². The number of hydrogen-bond acceptors (Lipinski definition) is 5. The molecule has 0 unspecified atom stereocenters. The summed E-state index contributed by atoms with van der Waals surface area (Å²) in [5.74, 6) is 2.32. The van der Waals surface area contributed by atoms with Crippen LogP contribution < -0.4 is 0 Å². The van der Waals surface area contributed by atoms with Gasteiger partial charge in [0.15, 0.2) is 5.78 Å². The summed E-state index contributed by atoms with van der Waals surface area (Å²) in [5.41, 5.74) is 1.20. The molecular weight excluding hydrogens is 440 g/mol. The topological polar surface area (TPSA) is 69.7 Å². The van der Waals surface area contributed by atoms with Crippen LogP contribution in [0.3, 0.4) is 0 Å². The molecular formula is C30H42O5. The van der Waals surface area contributed by atoms with E-state index in [-0.39, 0.29) is 46.5 Å². The maximum absolute atomic E-state index is 12.6. The Hall–Kier alpha value is -1.91. The van der Waals surface area contributed by atoms with Crippen LogP contribution in [0.15, 0.2) is 23.8 Å². The summed E-state index contributed by atoms with van der Waals surface area (Å²) in [7, 11) is 0. The number of ether oxygens (including phenoxy) is 2. The average Bonchev–Trinajstić information content (AvgIpc) is 3.20. The summed E-state index contributed by atoms with van der Waals surface area (Å²) in [6, 6.07) is 0. The van der Waals surface area contributed by atoms with Crippen LogP contribution in [0.4, 0.5) is 0 Å². The number of cyclic esters (lactones) is 1. The maximum Gasteiger partial charge on any atom is 0.309 e. The van der Waals surface area contributed by atoms with Crippen molar-refractivity contribution in [3.05, 3.63) is 23.8 Å². The number of hydrogen-bond donors (Lipinski definition) is 0. The van der Waals surface area contributed by atoms with Gasteiger partial charge in [-0.25, -0.2) is 0 Å². The van der Waals surface area contributed by atoms with Crippen LogP contribution in [-0.4, -0.2) is 30.4 Å². The molecule has 35 heavy (non-hydrogen) atoms. The average molecular weight is 483 g/mol. The predicted octanol–water partition coefficient (Wildman–Crippen LogP) is 5.68. The van der Waals surface area contributed by atoms with Crippen LogP contribution in [0, 0.1) is 52.3 Å². The summed E-state index contributed by atoms with van der Waals surface area (Å²) in [4.78, 5) is 36.6. The Bertz CT molecular complexity index is 964. The lowest BCUT2D eigenvalue weighted by Crippen LogP contribution is -2.54. The van der Waals surface area contributed by atoms with E-state index in [1.807, 2.05) is 13.0 Å². The molecule has 0 amide bonds. The van der Waals surface area contributed by atoms with Crippen molar-refractivity contribution < 1.29 is 23.9 Å². The number of ketones is 1. The highest BCUT2D eigenvalue weighted by atomic mass is 16.5. The van der Waals surface area contributed by atoms with Crippen LogP contribution in [-0.2, 0) is 23.9 Å². The van der Waals surface area contributed by atoms with Crippen LogP contribution >= 0.6 is 0 Å². The van der Waals surface area contributed by atoms with Crippen molar-refractivity contribution in [1.82, 2.24) is 0 Å². The summed E-state index contributed by atoms with van der Waals surface area (Å²) in [6.07, 6.45) is 13.1. The Kier molecular flexibility index (Phi) is 6.29. The molecule has 10 atom stereocenters. The van der Waals surface area contributed by atoms with Crippen molar-refractivity contribution in [2.75, 3.05) is 6.61 Å². The zero-order valence-electron chi connectivity index (χ0n) is 22.0. The van der Waals surface area contributed by atoms with E-state index < -0.39 is 0 Å². The minimum atomic E-state index is -0.209. The highest BCUT2D eigenvalue weighted by Gasteiger charge is 2.62. The lowest BCUT2D eigenvalue weighted by molar-refractivity contribution is -0.173. The zero-order chi connectivity index (χ0) is 25.1. The fraction of sp³-hybridized carbons (Fsp3) is 0.767. The number of allylic oxidation sites excluding steroid dienone is 4. The van der Waals surface area contributed by atoms with Gasteiger partial charge in [-0.05, 0) is 92.6 Å². The lowest BCUT2D eigenvalue weighted by Gasteiger charge is -2.58. The largest absolute Gasteiger partial charge is 0.465 e. The molecule has 0 N–H and O–H groups in total. The van der Waals surface area contributed by atoms with Crippen LogP contribution in [0.5, 0.6) is 0 Å². The van der Waals surface area contributed by atoms with Gasteiger partial charge >= 0.3 is 11.9 Å². The first-order chi connectivity index (χ1) is 16.6. The quantitative estimate of drug-likeness (QED) is 0.482. The molecule has 4 fully saturated rings. The number of carbonyl (C=O) groups is 3. The SMILES string of the molecule is CC(=O)OC[C@]12CC[C@H]3[C@@H](CCC4=CC(=O)C=C[C@@]43C)[C@@H]1CC[C@@H]2[C@H](C)[C@H]1C[C@H](C)[C@H](C)C(=O)O1. The molecule has 5 heteroatoms. The summed E-state index contributed by atoms with van der Waals surface area (Å²) < 4.78 is 11.8. The Morgan fingerprint density at radius 2 is 1.94 bits per heavy atom. The Morgan fingerprint density at radius 1 is 1.17 bits per heavy atom. The molecule has 3 saturated carbocycles. The van der Waals surface area contributed by atoms with Crippen molar-refractivity contribution in [2.24, 2.45) is 52.3 Å². The molecule has 0 spiro atoms. The van der Waals surface area contributed by atoms with Gasteiger partial charge in [0, 0.05) is 17.8 Å². The molecule has 0 radical (unpaired) electrons. The van der Waals surface area contributed by atoms with Crippen LogP contribution in [0.2, 0.25) is 0 Å². The summed E-state index contributed by atoms with van der Waals surface area (Å²) in [5, 5.41) is 0. The molecule has 192 valence electrons. The zero-order valence-corrected chi connectivity index (χ0v) is 22.0. The second kappa shape index (κ2) is 8.88. The van der Waals surface area contributed by atoms with Gasteiger partial charge in [0.1, 0.15) is 6.10 Å². The maximum atomic E-state index is 12.6. The van der Waals surface area contributed by atoms with E-state index in [9.17, 15) is 14.4 Å². The van der Waals surface area contributed by atoms with Crippen molar-refractivity contribution in [3.63, 3.8) is 0 Å². The van der Waals surface area contributed by atoms with Gasteiger partial charge in [-0.1, -0.05) is 39.3 Å². The molecule has 4 aliphatic carbocycles. The van der Waals surface area contributed by atoms with Gasteiger partial charge in [-0.2, -0.15) is 0 Å². The van der Waals surface area contributed by atoms with E-state index in [4.69, 9.17) is 9.47 Å². The fourth-order valence-corrected chi connectivity index (χ4v) is 9.05. The van der Waals surface area contributed by atoms with Gasteiger partial charge in [0.25, 0.3) is 0 Å². The third-order valence-electron chi connectivity index (χ3n) is 11.2. The van der Waals surface area contributed by atoms with E-state index in [1.165, 1.54) is 12.5 Å². The Labute approximate surface area is 210 Å². The molecule has 1 saturated heterocycles. The first-order valence-corrected chi connectivity index (χ1v) is 13.8. The van der Waals surface area contributed by atoms with Crippen molar-refractivity contribution in [2.45, 2.75) is 85.7 Å². The van der Waals surface area contributed by atoms with Crippen molar-refractivity contribution >= 4 is 17.7 Å². The third kappa shape index (κ3) is 3.92. The lowest BCUT2D eigenvalue weighted by atomic mass is 9.47. The van der Waals surface area contributed by atoms with Gasteiger partial charge < -0.3 is 9.47 Å². The molecule has 0 aromatic heterocycles. The van der Waals surface area contributed by atoms with E-state index in [0.29, 0.717) is 36.2 Å². The number of esters is 2. The van der Waals surface area contributed by atoms with Gasteiger partial charge in [-0.3, -0.25) is 14.4 Å². The van der Waals surface area contributed by atoms with Crippen molar-refractivity contribution in [1.29, 1.82) is 0 Å². The normalized spacial score (nSPS) is 45.5. The molecule has 0 aromatic carbocycles. The number of carbonyl (C=O) groups excluding carboxylic acids is 3. The van der Waals surface area contributed by atoms with E-state index in [0.717, 1.165) is 44.9 Å². The smallest absolute Gasteiger partial charge is 0.309 e. The molecule has 0 bridgehead atoms. The predicted molar refractivity (Wildman–Crippen MR) is 133 cm³/mol. The first kappa shape index (κ1) is 24.8. The molecule has 0 aromatic rings. The number of fused-ring (bicyclic) bond motifs is 5. The van der Waals surface area contributed by atoms with E-state index >= 15 is 0 Å². The Balaban J connectivity index is 1.44. The summed E-state index contributed by atoms with van der Waals surface area (Å²) >= 11 is 0. The fourth-order valence-electron chi connectivity index (χ4n) is 9.05. The van der Waals surface area contributed by atoms with Gasteiger partial charge in [0.2, 0.25) is 0 Å². The van der Waals surface area contributed by atoms with Crippen LogP contribution in [0.1, 0.15) is 79.6 Å². The van der Waals surface area contributed by atoms with Gasteiger partial charge in [-0.15, -0.1) is 0 Å². The highest BCUT2D eigenvalue weighted by Crippen LogP contribution is 2.67. The minimum absolute atomic E-state index is 0.0408. The van der Waals surface area contributed by atoms with E-state index in [2.05, 4.69) is 26.8 Å². The monoisotopic (exact) mass is 482 g/mol. The highest BCUT2D eigenvalue weighted by molar-refractivity contribution is 6.01. The minimum Gasteiger partial charge on any atom is -0.465 e. The molecule has 5 aliphatic rings. The van der Waals surface area contributed by atoms with Gasteiger partial charge in [0.05, 0.1) is 12.5 Å². The number of rotatable bonds is 4. The molecule has 1 heterocycles. The molecule has 5 nitrogen and oxygen atoms in total. The first-order valence-electron chi connectivity index (χ1n) is 13.8. The second-order valence-electron chi connectivity index (χ2n) is 12.7. The Morgan fingerprint density at radius 3 is 2.66 bits per heavy atom. The van der Waals surface area contributed by atoms with Crippen molar-refractivity contribution in [3.8, 4) is 0 Å². The van der Waals surface area contributed by atoms with E-state index in [1.54, 1.807) is 6.08 Å². The second-order valence-corrected chi connectivity index (χ2v) is 12.7. The third-order valence-corrected chi connectivity index (χ3v) is 11.2. The molecule has 1 aliphatic heterocycles. The summed E-state index contributed by atoms with van der Waals surface area (Å²) in [6.45, 7) is 10.7. The standard InChI is InChI=1S/C30H42O5/c1-17-14-27(35-28(33)18(17)2)19(3)24-8-9-26-23-7-6-21-15-22(32)10-12-29(21,5)25(23)11-13-30(24,26)16-34-20(4)31/h10,12,15,17-19,23-27H,6-9,11,13-14,16H2,1-5H3/t17-,18-,19-,23+,24+,25-,26-,27+,29-,30-/m0/s1. The molecule has 5 rings (SSSR count).